The molecule has 1 saturated heterocycles. The average molecular weight is 451 g/mol. The number of aromatic nitrogens is 3. The van der Waals surface area contributed by atoms with Crippen LogP contribution in [0.15, 0.2) is 48.7 Å². The molecule has 3 heterocycles. The Kier molecular flexibility index (Phi) is 5.10. The molecule has 2 aliphatic heterocycles. The van der Waals surface area contributed by atoms with E-state index in [0.717, 1.165) is 22.6 Å². The number of halogens is 1. The predicted molar refractivity (Wildman–Crippen MR) is 116 cm³/mol. The maximum Gasteiger partial charge on any atom is 0.255 e. The summed E-state index contributed by atoms with van der Waals surface area (Å²) >= 11 is 5.93. The molecule has 2 aliphatic rings. The van der Waals surface area contributed by atoms with Gasteiger partial charge in [0.15, 0.2) is 0 Å². The van der Waals surface area contributed by atoms with Gasteiger partial charge in [0.1, 0.15) is 11.7 Å². The van der Waals surface area contributed by atoms with Gasteiger partial charge < -0.3 is 10.2 Å². The smallest absolute Gasteiger partial charge is 0.255 e. The fourth-order valence-electron chi connectivity index (χ4n) is 4.04. The number of nitrogens with one attached hydrogen (secondary N) is 2. The SMILES string of the molecule is O=C1CCC(N2Cc3c(NCc4cn(-c5ccc(Cl)cc5)nn4)cccc3C2=O)C(=O)N1. The summed E-state index contributed by atoms with van der Waals surface area (Å²) in [5.74, 6) is -0.924. The molecule has 0 aliphatic carbocycles. The van der Waals surface area contributed by atoms with Crippen LogP contribution in [0.3, 0.4) is 0 Å². The third kappa shape index (κ3) is 3.71. The Morgan fingerprint density at radius 1 is 1.12 bits per heavy atom. The quantitative estimate of drug-likeness (QED) is 0.577. The van der Waals surface area contributed by atoms with Crippen LogP contribution in [0.25, 0.3) is 5.69 Å². The summed E-state index contributed by atoms with van der Waals surface area (Å²) in [6.07, 6.45) is 2.38. The van der Waals surface area contributed by atoms with Gasteiger partial charge in [-0.1, -0.05) is 22.9 Å². The third-order valence-corrected chi connectivity index (χ3v) is 5.93. The van der Waals surface area contributed by atoms with Crippen LogP contribution >= 0.6 is 11.6 Å². The fraction of sp³-hybridized carbons (Fsp3) is 0.227. The lowest BCUT2D eigenvalue weighted by Gasteiger charge is -2.29. The van der Waals surface area contributed by atoms with Crippen molar-refractivity contribution in [3.8, 4) is 5.69 Å². The molecule has 2 aromatic carbocycles. The van der Waals surface area contributed by atoms with E-state index >= 15 is 0 Å². The standard InChI is InChI=1S/C22H19ClN6O3/c23-13-4-6-15(7-5-13)29-11-14(26-27-29)10-24-18-3-1-2-16-17(18)12-28(22(16)32)19-8-9-20(30)25-21(19)31/h1-7,11,19,24H,8-10,12H2,(H,25,30,31). The van der Waals surface area contributed by atoms with E-state index in [-0.39, 0.29) is 18.2 Å². The van der Waals surface area contributed by atoms with Crippen LogP contribution in [-0.2, 0) is 22.7 Å². The third-order valence-electron chi connectivity index (χ3n) is 5.67. The first-order valence-electron chi connectivity index (χ1n) is 10.2. The molecule has 3 aromatic rings. The highest BCUT2D eigenvalue weighted by Crippen LogP contribution is 2.32. The monoisotopic (exact) mass is 450 g/mol. The Balaban J connectivity index is 1.31. The first-order valence-corrected chi connectivity index (χ1v) is 10.5. The second kappa shape index (κ2) is 8.08. The molecule has 162 valence electrons. The van der Waals surface area contributed by atoms with E-state index in [4.69, 9.17) is 11.6 Å². The lowest BCUT2D eigenvalue weighted by atomic mass is 10.0. The van der Waals surface area contributed by atoms with E-state index in [1.807, 2.05) is 24.4 Å². The van der Waals surface area contributed by atoms with Gasteiger partial charge in [-0.2, -0.15) is 0 Å². The second-order valence-corrected chi connectivity index (χ2v) is 8.15. The molecule has 10 heteroatoms. The van der Waals surface area contributed by atoms with Crippen molar-refractivity contribution in [1.82, 2.24) is 25.2 Å². The van der Waals surface area contributed by atoms with Crippen LogP contribution in [0.5, 0.6) is 0 Å². The molecule has 32 heavy (non-hydrogen) atoms. The molecule has 2 N–H and O–H groups in total. The van der Waals surface area contributed by atoms with Gasteiger partial charge in [0.2, 0.25) is 11.8 Å². The number of anilines is 1. The Hall–Kier alpha value is -3.72. The molecule has 0 radical (unpaired) electrons. The number of amides is 3. The molecular weight excluding hydrogens is 432 g/mol. The number of hydrogen-bond acceptors (Lipinski definition) is 6. The minimum atomic E-state index is -0.639. The van der Waals surface area contributed by atoms with E-state index in [0.29, 0.717) is 30.1 Å². The molecule has 0 bridgehead atoms. The van der Waals surface area contributed by atoms with Crippen LogP contribution < -0.4 is 10.6 Å². The van der Waals surface area contributed by atoms with E-state index in [2.05, 4.69) is 20.9 Å². The van der Waals surface area contributed by atoms with Gasteiger partial charge in [-0.15, -0.1) is 5.10 Å². The summed E-state index contributed by atoms with van der Waals surface area (Å²) in [6.45, 7) is 0.720. The van der Waals surface area contributed by atoms with E-state index in [1.165, 1.54) is 4.90 Å². The van der Waals surface area contributed by atoms with Crippen molar-refractivity contribution in [2.24, 2.45) is 0 Å². The van der Waals surface area contributed by atoms with Crippen molar-refractivity contribution < 1.29 is 14.4 Å². The highest BCUT2D eigenvalue weighted by Gasteiger charge is 2.39. The number of fused-ring (bicyclic) bond motifs is 1. The average Bonchev–Trinajstić information content (AvgIpc) is 3.38. The highest BCUT2D eigenvalue weighted by molar-refractivity contribution is 6.30. The summed E-state index contributed by atoms with van der Waals surface area (Å²) in [4.78, 5) is 38.2. The largest absolute Gasteiger partial charge is 0.379 e. The van der Waals surface area contributed by atoms with E-state index in [1.54, 1.807) is 28.9 Å². The molecule has 3 amide bonds. The Bertz CT molecular complexity index is 1220. The zero-order chi connectivity index (χ0) is 22.2. The molecule has 1 aromatic heterocycles. The molecule has 5 rings (SSSR count). The number of nitrogens with zero attached hydrogens (tertiary/aromatic N) is 4. The van der Waals surface area contributed by atoms with Gasteiger partial charge in [0.05, 0.1) is 18.4 Å². The Morgan fingerprint density at radius 2 is 1.94 bits per heavy atom. The highest BCUT2D eigenvalue weighted by atomic mass is 35.5. The number of hydrogen-bond donors (Lipinski definition) is 2. The summed E-state index contributed by atoms with van der Waals surface area (Å²) in [5, 5.41) is 14.6. The van der Waals surface area contributed by atoms with Crippen molar-refractivity contribution in [2.75, 3.05) is 5.32 Å². The Morgan fingerprint density at radius 3 is 2.72 bits per heavy atom. The minimum absolute atomic E-state index is 0.202. The van der Waals surface area contributed by atoms with Gasteiger partial charge in [-0.05, 0) is 42.8 Å². The van der Waals surface area contributed by atoms with Gasteiger partial charge in [0.25, 0.3) is 5.91 Å². The van der Waals surface area contributed by atoms with Crippen LogP contribution in [0.1, 0.15) is 34.5 Å². The van der Waals surface area contributed by atoms with Crippen LogP contribution in [0, 0.1) is 0 Å². The lowest BCUT2D eigenvalue weighted by molar-refractivity contribution is -0.136. The number of carbonyl (C=O) groups is 3. The normalized spacial score (nSPS) is 18.0. The fourth-order valence-corrected chi connectivity index (χ4v) is 4.16. The van der Waals surface area contributed by atoms with Crippen molar-refractivity contribution in [1.29, 1.82) is 0 Å². The number of imide groups is 1. The maximum atomic E-state index is 12.9. The minimum Gasteiger partial charge on any atom is -0.379 e. The van der Waals surface area contributed by atoms with Crippen molar-refractivity contribution in [3.05, 3.63) is 70.5 Å². The number of carbonyl (C=O) groups excluding carboxylic acids is 3. The summed E-state index contributed by atoms with van der Waals surface area (Å²) < 4.78 is 1.66. The van der Waals surface area contributed by atoms with E-state index < -0.39 is 11.9 Å². The molecule has 1 fully saturated rings. The molecule has 1 unspecified atom stereocenters. The van der Waals surface area contributed by atoms with Crippen molar-refractivity contribution in [2.45, 2.75) is 32.0 Å². The first kappa shape index (κ1) is 20.2. The maximum absolute atomic E-state index is 12.9. The van der Waals surface area contributed by atoms with Gasteiger partial charge in [-0.25, -0.2) is 4.68 Å². The molecular formula is C22H19ClN6O3. The first-order chi connectivity index (χ1) is 15.5. The van der Waals surface area contributed by atoms with Crippen molar-refractivity contribution in [3.63, 3.8) is 0 Å². The summed E-state index contributed by atoms with van der Waals surface area (Å²) in [5.41, 5.74) is 3.76. The molecule has 0 spiro atoms. The summed E-state index contributed by atoms with van der Waals surface area (Å²) in [6, 6.07) is 12.1. The van der Waals surface area contributed by atoms with Gasteiger partial charge >= 0.3 is 0 Å². The molecule has 0 saturated carbocycles. The second-order valence-electron chi connectivity index (χ2n) is 7.72. The summed E-state index contributed by atoms with van der Waals surface area (Å²) in [7, 11) is 0. The number of benzene rings is 2. The number of rotatable bonds is 5. The zero-order valence-corrected chi connectivity index (χ0v) is 17.7. The van der Waals surface area contributed by atoms with Gasteiger partial charge in [0, 0.05) is 34.8 Å². The Labute approximate surface area is 188 Å². The number of piperidine rings is 1. The zero-order valence-electron chi connectivity index (χ0n) is 16.9. The van der Waals surface area contributed by atoms with Crippen LogP contribution in [0.4, 0.5) is 5.69 Å². The lowest BCUT2D eigenvalue weighted by Crippen LogP contribution is -2.52. The topological polar surface area (TPSA) is 109 Å². The molecule has 9 nitrogen and oxygen atoms in total. The predicted octanol–water partition coefficient (Wildman–Crippen LogP) is 2.29. The van der Waals surface area contributed by atoms with Gasteiger partial charge in [-0.3, -0.25) is 19.7 Å². The molecule has 1 atom stereocenters. The van der Waals surface area contributed by atoms with Crippen molar-refractivity contribution >= 4 is 35.0 Å². The van der Waals surface area contributed by atoms with Crippen LogP contribution in [-0.4, -0.2) is 43.7 Å². The van der Waals surface area contributed by atoms with E-state index in [9.17, 15) is 14.4 Å². The van der Waals surface area contributed by atoms with Crippen LogP contribution in [0.2, 0.25) is 5.02 Å².